The first kappa shape index (κ1) is 75.8. The van der Waals surface area contributed by atoms with Crippen molar-refractivity contribution in [1.82, 2.24) is 9.13 Å². The number of hydrogen-bond donors (Lipinski definition) is 0. The molecule has 1 unspecified atom stereocenters. The minimum absolute atomic E-state index is 0.229. The molecule has 0 bridgehead atoms. The van der Waals surface area contributed by atoms with Crippen molar-refractivity contribution in [2.24, 2.45) is 0 Å². The quantitative estimate of drug-likeness (QED) is 0.128. The Labute approximate surface area is 701 Å². The molecule has 2 aliphatic heterocycles. The molecule has 0 N–H and O–H groups in total. The Hall–Kier alpha value is -13.3. The lowest BCUT2D eigenvalue weighted by Crippen LogP contribution is -2.62. The Bertz CT molecular complexity index is 6510. The topological polar surface area (TPSA) is 60.7 Å². The maximum atomic E-state index is 11.2. The minimum atomic E-state index is -0.480. The highest BCUT2D eigenvalue weighted by Gasteiger charge is 2.47. The lowest BCUT2D eigenvalue weighted by molar-refractivity contribution is 0.568. The van der Waals surface area contributed by atoms with Gasteiger partial charge < -0.3 is 14.0 Å². The molecule has 4 heterocycles. The predicted molar refractivity (Wildman–Crippen MR) is 504 cm³/mol. The van der Waals surface area contributed by atoms with Crippen molar-refractivity contribution in [3.8, 4) is 90.3 Å². The number of rotatable bonds is 10. The Kier molecular flexibility index (Phi) is 18.0. The third kappa shape index (κ3) is 13.1. The van der Waals surface area contributed by atoms with E-state index in [0.717, 1.165) is 123 Å². The van der Waals surface area contributed by atoms with Gasteiger partial charge in [-0.1, -0.05) is 322 Å². The fourth-order valence-electron chi connectivity index (χ4n) is 19.0. The molecule has 0 aliphatic carbocycles. The molecule has 15 aromatic carbocycles. The first-order chi connectivity index (χ1) is 57.1. The summed E-state index contributed by atoms with van der Waals surface area (Å²) in [6.07, 6.45) is 0. The van der Waals surface area contributed by atoms with E-state index in [1.54, 1.807) is 0 Å². The number of benzene rings is 15. The molecule has 0 saturated carbocycles. The van der Waals surface area contributed by atoms with Gasteiger partial charge in [0.2, 0.25) is 6.71 Å². The summed E-state index contributed by atoms with van der Waals surface area (Å²) in [7, 11) is 0. The van der Waals surface area contributed by atoms with E-state index >= 15 is 0 Å². The first-order valence-corrected chi connectivity index (χ1v) is 42.1. The van der Waals surface area contributed by atoms with E-state index in [1.807, 2.05) is 12.1 Å². The standard InChI is InChI=1S/C113H98BN5/c1-109(2,3)80-54-78(55-81(62-80)110(4,5)6)92-59-76(72-34-18-16-19-35-72)58-91(74-38-30-32-70(52-74)68-115)105(92)106-95-66-85(117-99-44-26-22-40-87(99)88-41-23-27-45-100(88)117)48-50-97(95)114-98-51-49-86(118-101-46-28-24-42-89(101)90-43-25-29-47-102(90)118)67-103(98)119(104-65-84(113(13,14)15)64-96(106)107(104)114)108-93(75-39-31-33-71(53-75)69-116)60-77(73-36-20-17-21-37-73)61-94(108)79-56-82(111(7,8)9)63-83(57-79)112(10,11)12/h16-67,106H,1-15H3. The van der Waals surface area contributed by atoms with Crippen LogP contribution in [0.25, 0.3) is 122 Å². The number of nitrogens with zero attached hydrogens (tertiary/aromatic N) is 5. The molecule has 6 heteroatoms. The highest BCUT2D eigenvalue weighted by atomic mass is 15.2. The van der Waals surface area contributed by atoms with Crippen LogP contribution in [0.1, 0.15) is 165 Å². The molecule has 2 aliphatic rings. The molecule has 578 valence electrons. The summed E-state index contributed by atoms with van der Waals surface area (Å²) < 4.78 is 4.99. The van der Waals surface area contributed by atoms with Crippen LogP contribution in [0.15, 0.2) is 315 Å². The summed E-state index contributed by atoms with van der Waals surface area (Å²) in [5, 5.41) is 27.2. The van der Waals surface area contributed by atoms with E-state index in [2.05, 4.69) is 433 Å². The zero-order valence-corrected chi connectivity index (χ0v) is 70.9. The van der Waals surface area contributed by atoms with Gasteiger partial charge in [0, 0.05) is 61.3 Å². The summed E-state index contributed by atoms with van der Waals surface area (Å²) >= 11 is 0. The Morgan fingerprint density at radius 3 is 1.08 bits per heavy atom. The Morgan fingerprint density at radius 1 is 0.277 bits per heavy atom. The van der Waals surface area contributed by atoms with E-state index in [9.17, 15) is 10.5 Å². The van der Waals surface area contributed by atoms with E-state index in [4.69, 9.17) is 0 Å². The zero-order chi connectivity index (χ0) is 82.5. The second-order valence-corrected chi connectivity index (χ2v) is 38.4. The van der Waals surface area contributed by atoms with Gasteiger partial charge in [-0.2, -0.15) is 10.5 Å². The summed E-state index contributed by atoms with van der Waals surface area (Å²) in [6, 6.07) is 124. The second-order valence-electron chi connectivity index (χ2n) is 38.4. The number of aromatic nitrogens is 2. The number of fused-ring (bicyclic) bond motifs is 10. The average molecular weight is 1540 g/mol. The van der Waals surface area contributed by atoms with Gasteiger partial charge in [-0.3, -0.25) is 0 Å². The SMILES string of the molecule is CC(C)(C)c1cc(-c2cc(-c3ccccc3)cc(-c3cccc(C#N)c3)c2C2c3cc(-n4c5ccccc5c5ccccc54)ccc3B3c4ccc(-n5c6ccccc6c6ccccc65)cc4N(c4c(-c5cccc(C#N)c5)cc(-c5ccccc5)cc4-c4cc(C(C)(C)C)cc(C(C)(C)C)c4)c4cc(C(C)(C)C)cc2c43)cc(C(C)(C)C)c1. The van der Waals surface area contributed by atoms with Gasteiger partial charge in [-0.25, -0.2) is 0 Å². The number of para-hydroxylation sites is 4. The molecule has 0 spiro atoms. The van der Waals surface area contributed by atoms with Crippen LogP contribution in [0.4, 0.5) is 17.1 Å². The van der Waals surface area contributed by atoms with Crippen molar-refractivity contribution < 1.29 is 0 Å². The molecule has 2 aromatic heterocycles. The summed E-state index contributed by atoms with van der Waals surface area (Å²) in [5.74, 6) is -0.480. The lowest BCUT2D eigenvalue weighted by atomic mass is 9.31. The van der Waals surface area contributed by atoms with Crippen LogP contribution in [0.5, 0.6) is 0 Å². The molecule has 0 saturated heterocycles. The molecule has 19 rings (SSSR count). The van der Waals surface area contributed by atoms with Gasteiger partial charge in [-0.15, -0.1) is 0 Å². The normalized spacial score (nSPS) is 13.5. The van der Waals surface area contributed by atoms with Gasteiger partial charge in [0.15, 0.2) is 0 Å². The van der Waals surface area contributed by atoms with Gasteiger partial charge >= 0.3 is 0 Å². The van der Waals surface area contributed by atoms with Crippen LogP contribution < -0.4 is 21.3 Å². The average Bonchev–Trinajstić information content (AvgIpc) is 0.748. The number of anilines is 3. The molecule has 119 heavy (non-hydrogen) atoms. The van der Waals surface area contributed by atoms with Crippen molar-refractivity contribution in [3.05, 3.63) is 371 Å². The van der Waals surface area contributed by atoms with Crippen LogP contribution in [0.3, 0.4) is 0 Å². The highest BCUT2D eigenvalue weighted by Crippen LogP contribution is 2.56. The van der Waals surface area contributed by atoms with E-state index < -0.39 is 11.3 Å². The zero-order valence-electron chi connectivity index (χ0n) is 70.9. The first-order valence-electron chi connectivity index (χ1n) is 42.1. The summed E-state index contributed by atoms with van der Waals surface area (Å²) in [4.78, 5) is 2.71. The van der Waals surface area contributed by atoms with E-state index in [1.165, 1.54) is 76.9 Å². The number of hydrogen-bond acceptors (Lipinski definition) is 3. The molecule has 17 aromatic rings. The predicted octanol–water partition coefficient (Wildman–Crippen LogP) is 27.9. The monoisotopic (exact) mass is 1540 g/mol. The minimum Gasteiger partial charge on any atom is -0.310 e. The maximum absolute atomic E-state index is 11.2. The summed E-state index contributed by atoms with van der Waals surface area (Å²) in [6.45, 7) is 35.0. The molecular weight excluding hydrogens is 1440 g/mol. The van der Waals surface area contributed by atoms with Crippen LogP contribution in [0, 0.1) is 22.7 Å². The van der Waals surface area contributed by atoms with Gasteiger partial charge in [0.25, 0.3) is 0 Å². The molecule has 0 radical (unpaired) electrons. The fourth-order valence-corrected chi connectivity index (χ4v) is 19.0. The van der Waals surface area contributed by atoms with Crippen molar-refractivity contribution in [1.29, 1.82) is 10.5 Å². The van der Waals surface area contributed by atoms with Crippen LogP contribution >= 0.6 is 0 Å². The number of nitriles is 2. The third-order valence-corrected chi connectivity index (χ3v) is 25.4. The Morgan fingerprint density at radius 2 is 0.639 bits per heavy atom. The van der Waals surface area contributed by atoms with Gasteiger partial charge in [0.1, 0.15) is 0 Å². The summed E-state index contributed by atoms with van der Waals surface area (Å²) in [5.41, 5.74) is 35.7. The highest BCUT2D eigenvalue weighted by molar-refractivity contribution is 6.99. The molecule has 0 fully saturated rings. The molecule has 0 amide bonds. The maximum Gasteiger partial charge on any atom is 0.247 e. The third-order valence-electron chi connectivity index (χ3n) is 25.4. The lowest BCUT2D eigenvalue weighted by Gasteiger charge is -2.45. The molecular formula is C113H98BN5. The van der Waals surface area contributed by atoms with Crippen LogP contribution in [0.2, 0.25) is 0 Å². The van der Waals surface area contributed by atoms with E-state index in [0.29, 0.717) is 11.1 Å². The largest absolute Gasteiger partial charge is 0.310 e. The molecule has 5 nitrogen and oxygen atoms in total. The van der Waals surface area contributed by atoms with Crippen molar-refractivity contribution >= 4 is 83.8 Å². The van der Waals surface area contributed by atoms with Crippen molar-refractivity contribution in [2.45, 2.75) is 137 Å². The Balaban J connectivity index is 1.04. The van der Waals surface area contributed by atoms with E-state index in [-0.39, 0.29) is 28.4 Å². The second kappa shape index (κ2) is 28.3. The van der Waals surface area contributed by atoms with Crippen LogP contribution in [-0.4, -0.2) is 15.8 Å². The fraction of sp³-hybridized carbons (Fsp3) is 0.186. The van der Waals surface area contributed by atoms with Crippen LogP contribution in [-0.2, 0) is 27.1 Å². The van der Waals surface area contributed by atoms with Crippen molar-refractivity contribution in [2.75, 3.05) is 4.90 Å². The molecule has 1 atom stereocenters. The van der Waals surface area contributed by atoms with Gasteiger partial charge in [0.05, 0.1) is 51.0 Å². The van der Waals surface area contributed by atoms with Crippen molar-refractivity contribution in [3.63, 3.8) is 0 Å². The van der Waals surface area contributed by atoms with Gasteiger partial charge in [-0.05, 0) is 241 Å². The smallest absolute Gasteiger partial charge is 0.247 e.